The van der Waals surface area contributed by atoms with E-state index in [4.69, 9.17) is 9.84 Å². The summed E-state index contributed by atoms with van der Waals surface area (Å²) in [5.41, 5.74) is 3.89. The standard InChI is InChI=1S/C25H30N2O5/c1-15(23(29)30)13-26-22(28)21(25(2,3)4)27-24(31)32-14-20-18-11-7-5-9-16(18)17-10-6-8-12-19(17)20/h5-12,15,20-21H,13-14H2,1-4H3,(H,26,28)(H,27,31)(H,29,30)/t15?,21-/m1/s1. The summed E-state index contributed by atoms with van der Waals surface area (Å²) in [6, 6.07) is 15.2. The van der Waals surface area contributed by atoms with Gasteiger partial charge < -0.3 is 20.5 Å². The molecule has 3 N–H and O–H groups in total. The normalized spacial score (nSPS) is 14.6. The van der Waals surface area contributed by atoms with Crippen molar-refractivity contribution in [3.8, 4) is 11.1 Å². The third kappa shape index (κ3) is 5.10. The van der Waals surface area contributed by atoms with Gasteiger partial charge in [0.15, 0.2) is 0 Å². The molecule has 0 spiro atoms. The highest BCUT2D eigenvalue weighted by Gasteiger charge is 2.34. The van der Waals surface area contributed by atoms with Crippen LogP contribution >= 0.6 is 0 Å². The van der Waals surface area contributed by atoms with E-state index in [1.165, 1.54) is 6.92 Å². The van der Waals surface area contributed by atoms with Crippen LogP contribution in [0.3, 0.4) is 0 Å². The highest BCUT2D eigenvalue weighted by molar-refractivity contribution is 5.87. The van der Waals surface area contributed by atoms with Gasteiger partial charge in [-0.25, -0.2) is 4.79 Å². The molecule has 0 bridgehead atoms. The lowest BCUT2D eigenvalue weighted by Crippen LogP contribution is -2.54. The Morgan fingerprint density at radius 1 is 1.00 bits per heavy atom. The summed E-state index contributed by atoms with van der Waals surface area (Å²) in [5, 5.41) is 14.3. The Kier molecular flexibility index (Phi) is 6.87. The van der Waals surface area contributed by atoms with E-state index in [-0.39, 0.29) is 19.1 Å². The summed E-state index contributed by atoms with van der Waals surface area (Å²) in [6.45, 7) is 7.10. The first-order chi connectivity index (χ1) is 15.1. The maximum Gasteiger partial charge on any atom is 0.407 e. The molecule has 0 aliphatic heterocycles. The van der Waals surface area contributed by atoms with Crippen LogP contribution in [0.25, 0.3) is 11.1 Å². The molecule has 0 saturated heterocycles. The molecule has 3 rings (SSSR count). The number of fused-ring (bicyclic) bond motifs is 3. The van der Waals surface area contributed by atoms with Crippen molar-refractivity contribution in [1.82, 2.24) is 10.6 Å². The van der Waals surface area contributed by atoms with Gasteiger partial charge in [-0.3, -0.25) is 9.59 Å². The first-order valence-electron chi connectivity index (χ1n) is 10.7. The first kappa shape index (κ1) is 23.3. The monoisotopic (exact) mass is 438 g/mol. The van der Waals surface area contributed by atoms with Crippen molar-refractivity contribution >= 4 is 18.0 Å². The summed E-state index contributed by atoms with van der Waals surface area (Å²) in [5.74, 6) is -2.25. The highest BCUT2D eigenvalue weighted by atomic mass is 16.5. The zero-order valence-electron chi connectivity index (χ0n) is 18.8. The van der Waals surface area contributed by atoms with E-state index in [0.29, 0.717) is 0 Å². The van der Waals surface area contributed by atoms with Crippen LogP contribution in [0.1, 0.15) is 44.7 Å². The van der Waals surface area contributed by atoms with Gasteiger partial charge in [0.05, 0.1) is 5.92 Å². The average Bonchev–Trinajstić information content (AvgIpc) is 3.07. The summed E-state index contributed by atoms with van der Waals surface area (Å²) < 4.78 is 5.56. The van der Waals surface area contributed by atoms with Crippen molar-refractivity contribution in [1.29, 1.82) is 0 Å². The first-order valence-corrected chi connectivity index (χ1v) is 10.7. The maximum absolute atomic E-state index is 12.7. The zero-order valence-corrected chi connectivity index (χ0v) is 18.8. The second kappa shape index (κ2) is 9.42. The van der Waals surface area contributed by atoms with Crippen molar-refractivity contribution < 1.29 is 24.2 Å². The second-order valence-electron chi connectivity index (χ2n) is 9.25. The van der Waals surface area contributed by atoms with Crippen LogP contribution in [0.15, 0.2) is 48.5 Å². The Hall–Kier alpha value is -3.35. The number of carboxylic acid groups (broad SMARTS) is 1. The number of carbonyl (C=O) groups excluding carboxylic acids is 2. The van der Waals surface area contributed by atoms with Gasteiger partial charge in [-0.05, 0) is 27.7 Å². The van der Waals surface area contributed by atoms with Gasteiger partial charge >= 0.3 is 12.1 Å². The third-order valence-electron chi connectivity index (χ3n) is 5.74. The number of hydrogen-bond acceptors (Lipinski definition) is 4. The molecule has 0 fully saturated rings. The van der Waals surface area contributed by atoms with Crippen molar-refractivity contribution in [3.63, 3.8) is 0 Å². The van der Waals surface area contributed by atoms with E-state index in [1.807, 2.05) is 57.2 Å². The predicted octanol–water partition coefficient (Wildman–Crippen LogP) is 3.78. The van der Waals surface area contributed by atoms with E-state index in [1.54, 1.807) is 0 Å². The topological polar surface area (TPSA) is 105 Å². The fourth-order valence-electron chi connectivity index (χ4n) is 3.88. The van der Waals surface area contributed by atoms with Crippen LogP contribution in [0.2, 0.25) is 0 Å². The molecule has 1 unspecified atom stereocenters. The molecule has 7 heteroatoms. The molecular formula is C25H30N2O5. The summed E-state index contributed by atoms with van der Waals surface area (Å²) in [7, 11) is 0. The lowest BCUT2D eigenvalue weighted by molar-refractivity contribution is -0.141. The van der Waals surface area contributed by atoms with Crippen molar-refractivity contribution in [2.45, 2.75) is 39.7 Å². The number of benzene rings is 2. The van der Waals surface area contributed by atoms with Crippen molar-refractivity contribution in [2.24, 2.45) is 11.3 Å². The quantitative estimate of drug-likeness (QED) is 0.610. The van der Waals surface area contributed by atoms with Crippen LogP contribution in [0, 0.1) is 11.3 Å². The van der Waals surface area contributed by atoms with Crippen LogP contribution < -0.4 is 10.6 Å². The van der Waals surface area contributed by atoms with Crippen molar-refractivity contribution in [2.75, 3.05) is 13.2 Å². The number of rotatable bonds is 7. The van der Waals surface area contributed by atoms with E-state index in [9.17, 15) is 14.4 Å². The van der Waals surface area contributed by atoms with E-state index >= 15 is 0 Å². The molecule has 32 heavy (non-hydrogen) atoms. The Balaban J connectivity index is 1.66. The van der Waals surface area contributed by atoms with Gasteiger partial charge in [0, 0.05) is 12.5 Å². The smallest absolute Gasteiger partial charge is 0.407 e. The van der Waals surface area contributed by atoms with E-state index in [0.717, 1.165) is 22.3 Å². The van der Waals surface area contributed by atoms with E-state index < -0.39 is 35.3 Å². The largest absolute Gasteiger partial charge is 0.481 e. The lowest BCUT2D eigenvalue weighted by Gasteiger charge is -2.30. The van der Waals surface area contributed by atoms with Crippen LogP contribution in [-0.4, -0.2) is 42.3 Å². The highest BCUT2D eigenvalue weighted by Crippen LogP contribution is 2.44. The molecule has 2 aromatic rings. The Morgan fingerprint density at radius 3 is 2.03 bits per heavy atom. The number of nitrogens with one attached hydrogen (secondary N) is 2. The number of aliphatic carboxylic acids is 1. The minimum absolute atomic E-state index is 0.0207. The third-order valence-corrected chi connectivity index (χ3v) is 5.74. The molecule has 1 aliphatic rings. The molecule has 0 heterocycles. The molecule has 7 nitrogen and oxygen atoms in total. The summed E-state index contributed by atoms with van der Waals surface area (Å²) in [6.07, 6.45) is -0.687. The molecule has 1 aliphatic carbocycles. The number of amides is 2. The van der Waals surface area contributed by atoms with E-state index in [2.05, 4.69) is 22.8 Å². The second-order valence-corrected chi connectivity index (χ2v) is 9.25. The minimum Gasteiger partial charge on any atom is -0.481 e. The Labute approximate surface area is 188 Å². The Bertz CT molecular complexity index is 966. The molecule has 0 saturated carbocycles. The molecule has 2 atom stereocenters. The zero-order chi connectivity index (χ0) is 23.5. The van der Waals surface area contributed by atoms with Crippen LogP contribution in [0.4, 0.5) is 4.79 Å². The average molecular weight is 439 g/mol. The van der Waals surface area contributed by atoms with Crippen LogP contribution in [-0.2, 0) is 14.3 Å². The summed E-state index contributed by atoms with van der Waals surface area (Å²) >= 11 is 0. The van der Waals surface area contributed by atoms with Gasteiger partial charge in [0.2, 0.25) is 5.91 Å². The number of carboxylic acids is 1. The number of alkyl carbamates (subject to hydrolysis) is 1. The maximum atomic E-state index is 12.7. The van der Waals surface area contributed by atoms with Gasteiger partial charge in [-0.1, -0.05) is 76.2 Å². The SMILES string of the molecule is CC(CNC(=O)[C@@H](NC(=O)OCC1c2ccccc2-c2ccccc21)C(C)(C)C)C(=O)O. The minimum atomic E-state index is -0.998. The van der Waals surface area contributed by atoms with Crippen molar-refractivity contribution in [3.05, 3.63) is 59.7 Å². The van der Waals surface area contributed by atoms with Crippen LogP contribution in [0.5, 0.6) is 0 Å². The summed E-state index contributed by atoms with van der Waals surface area (Å²) in [4.78, 5) is 36.3. The number of ether oxygens (including phenoxy) is 1. The van der Waals surface area contributed by atoms with Gasteiger partial charge in [-0.15, -0.1) is 0 Å². The Morgan fingerprint density at radius 2 is 1.53 bits per heavy atom. The molecule has 2 amide bonds. The number of carbonyl (C=O) groups is 3. The number of hydrogen-bond donors (Lipinski definition) is 3. The molecular weight excluding hydrogens is 408 g/mol. The molecule has 0 radical (unpaired) electrons. The molecule has 170 valence electrons. The van der Waals surface area contributed by atoms with Gasteiger partial charge in [-0.2, -0.15) is 0 Å². The predicted molar refractivity (Wildman–Crippen MR) is 121 cm³/mol. The fraction of sp³-hybridized carbons (Fsp3) is 0.400. The van der Waals surface area contributed by atoms with Gasteiger partial charge in [0.25, 0.3) is 0 Å². The lowest BCUT2D eigenvalue weighted by atomic mass is 9.86. The molecule has 0 aromatic heterocycles. The molecule has 2 aromatic carbocycles. The fourth-order valence-corrected chi connectivity index (χ4v) is 3.88. The van der Waals surface area contributed by atoms with Gasteiger partial charge in [0.1, 0.15) is 12.6 Å².